The van der Waals surface area contributed by atoms with Gasteiger partial charge in [-0.05, 0) is 67.9 Å². The molecule has 1 aromatic carbocycles. The molecule has 5 heteroatoms. The second-order valence-electron chi connectivity index (χ2n) is 8.14. The second-order valence-corrected chi connectivity index (χ2v) is 8.14. The third-order valence-electron chi connectivity index (χ3n) is 5.90. The van der Waals surface area contributed by atoms with Crippen LogP contribution in [0.1, 0.15) is 49.4 Å². The minimum absolute atomic E-state index is 0.0455. The number of rotatable bonds is 7. The molecule has 2 aliphatic rings. The number of pyridine rings is 1. The van der Waals surface area contributed by atoms with Crippen LogP contribution >= 0.6 is 0 Å². The number of ether oxygens (including phenoxy) is 1. The van der Waals surface area contributed by atoms with Gasteiger partial charge in [0.05, 0.1) is 24.5 Å². The normalized spacial score (nSPS) is 22.0. The standard InChI is InChI=1S/C23H25N3O2/c1-14(21-8-7-16(12-25-21)28-13-15-5-6-15)26-23(27)20-11-19(20)17-3-2-4-22-18(17)9-10-24-22/h2-4,7-10,12,14-15,19-20,24H,5-6,11,13H2,1H3,(H,26,27). The third kappa shape index (κ3) is 3.49. The van der Waals surface area contributed by atoms with Crippen LogP contribution in [0, 0.1) is 11.8 Å². The summed E-state index contributed by atoms with van der Waals surface area (Å²) in [6.07, 6.45) is 7.17. The van der Waals surface area contributed by atoms with Gasteiger partial charge in [-0.15, -0.1) is 0 Å². The van der Waals surface area contributed by atoms with E-state index in [4.69, 9.17) is 4.74 Å². The predicted molar refractivity (Wildman–Crippen MR) is 108 cm³/mol. The van der Waals surface area contributed by atoms with Crippen LogP contribution in [0.4, 0.5) is 0 Å². The van der Waals surface area contributed by atoms with Crippen molar-refractivity contribution in [2.24, 2.45) is 11.8 Å². The second kappa shape index (κ2) is 6.97. The third-order valence-corrected chi connectivity index (χ3v) is 5.90. The number of fused-ring (bicyclic) bond motifs is 1. The van der Waals surface area contributed by atoms with E-state index in [1.54, 1.807) is 6.20 Å². The Morgan fingerprint density at radius 2 is 2.18 bits per heavy atom. The van der Waals surface area contributed by atoms with Crippen molar-refractivity contribution < 1.29 is 9.53 Å². The zero-order valence-corrected chi connectivity index (χ0v) is 16.0. The van der Waals surface area contributed by atoms with Gasteiger partial charge in [0.2, 0.25) is 5.91 Å². The molecule has 3 unspecified atom stereocenters. The first-order valence-corrected chi connectivity index (χ1v) is 10.1. The van der Waals surface area contributed by atoms with E-state index in [1.165, 1.54) is 23.8 Å². The van der Waals surface area contributed by atoms with Crippen LogP contribution in [-0.4, -0.2) is 22.5 Å². The van der Waals surface area contributed by atoms with Crippen molar-refractivity contribution in [1.82, 2.24) is 15.3 Å². The molecule has 3 aromatic rings. The highest BCUT2D eigenvalue weighted by Crippen LogP contribution is 2.49. The van der Waals surface area contributed by atoms with Gasteiger partial charge in [-0.2, -0.15) is 0 Å². The summed E-state index contributed by atoms with van der Waals surface area (Å²) in [5, 5.41) is 4.35. The Bertz CT molecular complexity index is 991. The highest BCUT2D eigenvalue weighted by molar-refractivity contribution is 5.88. The predicted octanol–water partition coefficient (Wildman–Crippen LogP) is 4.33. The molecule has 0 saturated heterocycles. The van der Waals surface area contributed by atoms with Crippen molar-refractivity contribution >= 4 is 16.8 Å². The van der Waals surface area contributed by atoms with Crippen LogP contribution in [0.15, 0.2) is 48.8 Å². The van der Waals surface area contributed by atoms with Crippen LogP contribution in [0.2, 0.25) is 0 Å². The van der Waals surface area contributed by atoms with Gasteiger partial charge in [-0.25, -0.2) is 0 Å². The molecule has 3 atom stereocenters. The molecule has 1 amide bonds. The molecule has 5 rings (SSSR count). The lowest BCUT2D eigenvalue weighted by molar-refractivity contribution is -0.123. The lowest BCUT2D eigenvalue weighted by Gasteiger charge is -2.14. The minimum Gasteiger partial charge on any atom is -0.492 e. The number of hydrogen-bond donors (Lipinski definition) is 2. The summed E-state index contributed by atoms with van der Waals surface area (Å²) in [6, 6.07) is 12.1. The summed E-state index contributed by atoms with van der Waals surface area (Å²) >= 11 is 0. The highest BCUT2D eigenvalue weighted by Gasteiger charge is 2.45. The van der Waals surface area contributed by atoms with Gasteiger partial charge in [-0.1, -0.05) is 12.1 Å². The lowest BCUT2D eigenvalue weighted by Crippen LogP contribution is -2.28. The van der Waals surface area contributed by atoms with Crippen LogP contribution in [0.3, 0.4) is 0 Å². The van der Waals surface area contributed by atoms with Crippen molar-refractivity contribution in [3.8, 4) is 5.75 Å². The van der Waals surface area contributed by atoms with Gasteiger partial charge in [0.25, 0.3) is 0 Å². The van der Waals surface area contributed by atoms with E-state index in [2.05, 4.69) is 39.6 Å². The molecule has 5 nitrogen and oxygen atoms in total. The molecule has 0 radical (unpaired) electrons. The molecule has 2 aromatic heterocycles. The molecule has 2 fully saturated rings. The first-order chi connectivity index (χ1) is 13.7. The number of carbonyl (C=O) groups excluding carboxylic acids is 1. The van der Waals surface area contributed by atoms with E-state index in [0.29, 0.717) is 5.92 Å². The monoisotopic (exact) mass is 375 g/mol. The number of aromatic nitrogens is 2. The summed E-state index contributed by atoms with van der Waals surface area (Å²) in [4.78, 5) is 20.4. The van der Waals surface area contributed by atoms with Crippen LogP contribution < -0.4 is 10.1 Å². The molecule has 2 N–H and O–H groups in total. The van der Waals surface area contributed by atoms with E-state index >= 15 is 0 Å². The van der Waals surface area contributed by atoms with Gasteiger partial charge in [0.1, 0.15) is 5.75 Å². The molecule has 0 bridgehead atoms. The topological polar surface area (TPSA) is 67.0 Å². The average molecular weight is 375 g/mol. The first-order valence-electron chi connectivity index (χ1n) is 10.1. The molecule has 28 heavy (non-hydrogen) atoms. The SMILES string of the molecule is CC(NC(=O)C1CC1c1cccc2[nH]ccc12)c1ccc(OCC2CC2)cn1. The van der Waals surface area contributed by atoms with E-state index < -0.39 is 0 Å². The van der Waals surface area contributed by atoms with Crippen LogP contribution in [0.5, 0.6) is 5.75 Å². The molecule has 144 valence electrons. The summed E-state index contributed by atoms with van der Waals surface area (Å²) in [5.74, 6) is 1.99. The maximum absolute atomic E-state index is 12.7. The van der Waals surface area contributed by atoms with Crippen molar-refractivity contribution in [3.05, 3.63) is 60.0 Å². The maximum atomic E-state index is 12.7. The Labute approximate surface area is 164 Å². The number of aromatic amines is 1. The van der Waals surface area contributed by atoms with Crippen LogP contribution in [-0.2, 0) is 4.79 Å². The van der Waals surface area contributed by atoms with Crippen molar-refractivity contribution in [1.29, 1.82) is 0 Å². The van der Waals surface area contributed by atoms with Crippen molar-refractivity contribution in [2.75, 3.05) is 6.61 Å². The van der Waals surface area contributed by atoms with Crippen LogP contribution in [0.25, 0.3) is 10.9 Å². The molecule has 2 heterocycles. The lowest BCUT2D eigenvalue weighted by atomic mass is 10.0. The molecule has 0 aliphatic heterocycles. The Morgan fingerprint density at radius 1 is 1.29 bits per heavy atom. The Kier molecular flexibility index (Phi) is 4.30. The molecule has 2 aliphatic carbocycles. The van der Waals surface area contributed by atoms with Crippen molar-refractivity contribution in [2.45, 2.75) is 38.1 Å². The number of carbonyl (C=O) groups is 1. The Morgan fingerprint density at radius 3 is 2.96 bits per heavy atom. The van der Waals surface area contributed by atoms with E-state index in [-0.39, 0.29) is 17.9 Å². The fourth-order valence-electron chi connectivity index (χ4n) is 3.89. The van der Waals surface area contributed by atoms with Gasteiger partial charge < -0.3 is 15.0 Å². The van der Waals surface area contributed by atoms with E-state index in [9.17, 15) is 4.79 Å². The fourth-order valence-corrected chi connectivity index (χ4v) is 3.89. The Hall–Kier alpha value is -2.82. The zero-order chi connectivity index (χ0) is 19.1. The van der Waals surface area contributed by atoms with E-state index in [1.807, 2.05) is 25.3 Å². The summed E-state index contributed by atoms with van der Waals surface area (Å²) in [7, 11) is 0. The number of hydrogen-bond acceptors (Lipinski definition) is 3. The average Bonchev–Trinajstić information content (AvgIpc) is 3.63. The minimum atomic E-state index is -0.116. The highest BCUT2D eigenvalue weighted by atomic mass is 16.5. The van der Waals surface area contributed by atoms with Gasteiger partial charge >= 0.3 is 0 Å². The first kappa shape index (κ1) is 17.3. The molecular weight excluding hydrogens is 350 g/mol. The fraction of sp³-hybridized carbons (Fsp3) is 0.391. The summed E-state index contributed by atoms with van der Waals surface area (Å²) in [5.41, 5.74) is 3.25. The van der Waals surface area contributed by atoms with Gasteiger partial charge in [0, 0.05) is 23.0 Å². The molecule has 2 saturated carbocycles. The molecule has 0 spiro atoms. The number of nitrogens with one attached hydrogen (secondary N) is 2. The zero-order valence-electron chi connectivity index (χ0n) is 16.0. The van der Waals surface area contributed by atoms with Gasteiger partial charge in [-0.3, -0.25) is 9.78 Å². The summed E-state index contributed by atoms with van der Waals surface area (Å²) in [6.45, 7) is 2.76. The molecular formula is C23H25N3O2. The van der Waals surface area contributed by atoms with Crippen molar-refractivity contribution in [3.63, 3.8) is 0 Å². The van der Waals surface area contributed by atoms with Gasteiger partial charge in [0.15, 0.2) is 0 Å². The number of H-pyrrole nitrogens is 1. The number of nitrogens with zero attached hydrogens (tertiary/aromatic N) is 1. The maximum Gasteiger partial charge on any atom is 0.224 e. The summed E-state index contributed by atoms with van der Waals surface area (Å²) < 4.78 is 5.73. The quantitative estimate of drug-likeness (QED) is 0.646. The number of benzene rings is 1. The Balaban J connectivity index is 1.19. The number of amides is 1. The largest absolute Gasteiger partial charge is 0.492 e. The van der Waals surface area contributed by atoms with E-state index in [0.717, 1.165) is 35.9 Å². The smallest absolute Gasteiger partial charge is 0.224 e.